The molecule has 0 atom stereocenters. The maximum atomic E-state index is 12.4. The summed E-state index contributed by atoms with van der Waals surface area (Å²) in [5, 5.41) is -0.312. The van der Waals surface area contributed by atoms with E-state index in [1.165, 1.54) is 0 Å². The number of hydrogen-bond acceptors (Lipinski definition) is 4. The van der Waals surface area contributed by atoms with Gasteiger partial charge in [0.05, 0.1) is 13.1 Å². The van der Waals surface area contributed by atoms with E-state index in [4.69, 9.17) is 23.2 Å². The van der Waals surface area contributed by atoms with Crippen LogP contribution >= 0.6 is 23.2 Å². The summed E-state index contributed by atoms with van der Waals surface area (Å²) in [6, 6.07) is 0. The zero-order valence-electron chi connectivity index (χ0n) is 10.5. The topological polar surface area (TPSA) is 56.3 Å². The van der Waals surface area contributed by atoms with Crippen LogP contribution in [0.15, 0.2) is 6.20 Å². The lowest BCUT2D eigenvalue weighted by molar-refractivity contribution is -0.0499. The van der Waals surface area contributed by atoms with Gasteiger partial charge in [-0.2, -0.15) is 21.6 Å². The molecule has 1 heterocycles. The van der Waals surface area contributed by atoms with Gasteiger partial charge in [0, 0.05) is 11.4 Å². The molecule has 11 heteroatoms. The lowest BCUT2D eigenvalue weighted by Gasteiger charge is -2.22. The fraction of sp³-hybridized carbons (Fsp3) is 0.444. The minimum Gasteiger partial charge on any atom is -0.373 e. The molecule has 0 aliphatic heterocycles. The molecule has 0 radical (unpaired) electrons. The zero-order chi connectivity index (χ0) is 15.9. The number of nitrogens with zero attached hydrogens (tertiary/aromatic N) is 1. The highest BCUT2D eigenvalue weighted by Gasteiger charge is 2.49. The van der Waals surface area contributed by atoms with Crippen LogP contribution in [-0.4, -0.2) is 27.0 Å². The first-order chi connectivity index (χ1) is 8.77. The summed E-state index contributed by atoms with van der Waals surface area (Å²) >= 11 is 11.5. The van der Waals surface area contributed by atoms with E-state index >= 15 is 0 Å². The molecule has 0 aliphatic rings. The van der Waals surface area contributed by atoms with Gasteiger partial charge >= 0.3 is 15.6 Å². The van der Waals surface area contributed by atoms with Crippen LogP contribution < -0.4 is 9.37 Å². The van der Waals surface area contributed by atoms with Crippen molar-refractivity contribution < 1.29 is 25.8 Å². The first-order valence-electron chi connectivity index (χ1n) is 5.12. The molecule has 4 nitrogen and oxygen atoms in total. The van der Waals surface area contributed by atoms with E-state index in [0.717, 1.165) is 6.20 Å². The number of rotatable bonds is 3. The van der Waals surface area contributed by atoms with Crippen molar-refractivity contribution in [3.05, 3.63) is 16.4 Å². The van der Waals surface area contributed by atoms with E-state index in [2.05, 4.69) is 9.17 Å². The van der Waals surface area contributed by atoms with Crippen molar-refractivity contribution in [1.82, 2.24) is 4.98 Å². The van der Waals surface area contributed by atoms with Gasteiger partial charge in [0.2, 0.25) is 0 Å². The Bertz CT molecular complexity index is 629. The number of halogens is 5. The lowest BCUT2D eigenvalue weighted by Crippen LogP contribution is -2.41. The van der Waals surface area contributed by atoms with Crippen molar-refractivity contribution in [3.8, 4) is 5.75 Å². The van der Waals surface area contributed by atoms with Crippen molar-refractivity contribution in [2.45, 2.75) is 25.1 Å². The summed E-state index contributed by atoms with van der Waals surface area (Å²) in [7, 11) is -8.16. The van der Waals surface area contributed by atoms with Crippen molar-refractivity contribution in [1.29, 1.82) is 0 Å². The Hall–Kier alpha value is -0.513. The fourth-order valence-corrected chi connectivity index (χ4v) is 4.85. The van der Waals surface area contributed by atoms with E-state index in [0.29, 0.717) is 0 Å². The molecule has 1 rings (SSSR count). The van der Waals surface area contributed by atoms with Gasteiger partial charge < -0.3 is 4.18 Å². The standard InChI is InChI=1S/C9H10Cl2F3NO3SSi/c1-20(2,3)7-5(10)4-15-8(11)6(7)18-19(16,17)9(12,13)14/h4H,1-3H3. The molecule has 0 spiro atoms. The van der Waals surface area contributed by atoms with Gasteiger partial charge in [-0.3, -0.25) is 0 Å². The summed E-state index contributed by atoms with van der Waals surface area (Å²) in [6.45, 7) is 5.24. The number of aromatic nitrogens is 1. The van der Waals surface area contributed by atoms with Crippen molar-refractivity contribution in [2.24, 2.45) is 0 Å². The number of pyridine rings is 1. The molecule has 0 fully saturated rings. The second-order valence-corrected chi connectivity index (χ2v) is 12.1. The SMILES string of the molecule is C[Si](C)(C)c1c(Cl)cnc(Cl)c1OS(=O)(=O)C(F)(F)F. The Morgan fingerprint density at radius 2 is 1.75 bits per heavy atom. The number of hydrogen-bond donors (Lipinski definition) is 0. The monoisotopic (exact) mass is 367 g/mol. The molecule has 0 aliphatic carbocycles. The van der Waals surface area contributed by atoms with E-state index in [1.807, 2.05) is 0 Å². The van der Waals surface area contributed by atoms with Gasteiger partial charge in [-0.1, -0.05) is 42.8 Å². The summed E-state index contributed by atoms with van der Waals surface area (Å²) in [4.78, 5) is 3.52. The second-order valence-electron chi connectivity index (χ2n) is 4.83. The predicted octanol–water partition coefficient (Wildman–Crippen LogP) is 3.16. The highest BCUT2D eigenvalue weighted by atomic mass is 35.5. The van der Waals surface area contributed by atoms with Crippen LogP contribution in [0.4, 0.5) is 13.2 Å². The predicted molar refractivity (Wildman–Crippen MR) is 72.8 cm³/mol. The molecule has 1 aromatic rings. The molecule has 0 N–H and O–H groups in total. The summed E-state index contributed by atoms with van der Waals surface area (Å²) in [5.41, 5.74) is -5.56. The summed E-state index contributed by atoms with van der Waals surface area (Å²) < 4.78 is 63.5. The average Bonchev–Trinajstić information content (AvgIpc) is 2.19. The molecular weight excluding hydrogens is 358 g/mol. The molecular formula is C9H10Cl2F3NO3SSi. The third kappa shape index (κ3) is 3.57. The molecule has 0 saturated carbocycles. The highest BCUT2D eigenvalue weighted by Crippen LogP contribution is 2.32. The molecule has 114 valence electrons. The van der Waals surface area contributed by atoms with Gasteiger partial charge in [0.15, 0.2) is 10.9 Å². The third-order valence-electron chi connectivity index (χ3n) is 2.17. The van der Waals surface area contributed by atoms with E-state index < -0.39 is 34.6 Å². The zero-order valence-corrected chi connectivity index (χ0v) is 13.9. The van der Waals surface area contributed by atoms with Gasteiger partial charge in [-0.15, -0.1) is 0 Å². The Morgan fingerprint density at radius 3 is 2.15 bits per heavy atom. The third-order valence-corrected chi connectivity index (χ3v) is 5.83. The molecule has 0 unspecified atom stereocenters. The van der Waals surface area contributed by atoms with Crippen LogP contribution in [0.1, 0.15) is 0 Å². The average molecular weight is 368 g/mol. The number of alkyl halides is 3. The lowest BCUT2D eigenvalue weighted by atomic mass is 10.4. The minimum absolute atomic E-state index is 0.0148. The Balaban J connectivity index is 3.51. The molecule has 0 saturated heterocycles. The van der Waals surface area contributed by atoms with E-state index in [-0.39, 0.29) is 10.2 Å². The summed E-state index contributed by atoms with van der Waals surface area (Å²) in [6.07, 6.45) is 1.14. The molecule has 1 aromatic heterocycles. The maximum Gasteiger partial charge on any atom is 0.534 e. The quantitative estimate of drug-likeness (QED) is 0.356. The van der Waals surface area contributed by atoms with Crippen LogP contribution in [0.25, 0.3) is 0 Å². The smallest absolute Gasteiger partial charge is 0.373 e. The van der Waals surface area contributed by atoms with Crippen LogP contribution in [0.2, 0.25) is 29.8 Å². The van der Waals surface area contributed by atoms with Crippen LogP contribution in [0.3, 0.4) is 0 Å². The molecule has 20 heavy (non-hydrogen) atoms. The molecule has 0 bridgehead atoms. The summed E-state index contributed by atoms with van der Waals surface area (Å²) in [5.74, 6) is -0.657. The van der Waals surface area contributed by atoms with Gasteiger partial charge in [0.1, 0.15) is 0 Å². The van der Waals surface area contributed by atoms with E-state index in [1.54, 1.807) is 19.6 Å². The van der Waals surface area contributed by atoms with Crippen LogP contribution in [-0.2, 0) is 10.1 Å². The normalized spacial score (nSPS) is 13.4. The first kappa shape index (κ1) is 17.5. The van der Waals surface area contributed by atoms with Gasteiger partial charge in [-0.25, -0.2) is 4.98 Å². The van der Waals surface area contributed by atoms with Crippen molar-refractivity contribution in [3.63, 3.8) is 0 Å². The first-order valence-corrected chi connectivity index (χ1v) is 10.8. The minimum atomic E-state index is -5.83. The van der Waals surface area contributed by atoms with Gasteiger partial charge in [0.25, 0.3) is 0 Å². The van der Waals surface area contributed by atoms with Crippen molar-refractivity contribution in [2.75, 3.05) is 0 Å². The van der Waals surface area contributed by atoms with Crippen LogP contribution in [0, 0.1) is 0 Å². The highest BCUT2D eigenvalue weighted by molar-refractivity contribution is 7.88. The fourth-order valence-electron chi connectivity index (χ4n) is 1.38. The van der Waals surface area contributed by atoms with Crippen molar-refractivity contribution >= 4 is 46.6 Å². The Kier molecular flexibility index (Phi) is 4.70. The largest absolute Gasteiger partial charge is 0.534 e. The van der Waals surface area contributed by atoms with Gasteiger partial charge in [-0.05, 0) is 0 Å². The molecule has 0 aromatic carbocycles. The Labute approximate surface area is 125 Å². The van der Waals surface area contributed by atoms with Crippen LogP contribution in [0.5, 0.6) is 5.75 Å². The maximum absolute atomic E-state index is 12.4. The molecule has 0 amide bonds. The van der Waals surface area contributed by atoms with E-state index in [9.17, 15) is 21.6 Å². The second kappa shape index (κ2) is 5.36. The Morgan fingerprint density at radius 1 is 1.25 bits per heavy atom.